The van der Waals surface area contributed by atoms with Crippen LogP contribution in [-0.4, -0.2) is 95.0 Å². The summed E-state index contributed by atoms with van der Waals surface area (Å²) >= 11 is 0. The van der Waals surface area contributed by atoms with E-state index in [-0.39, 0.29) is 63.9 Å². The molecule has 0 radical (unpaired) electrons. The van der Waals surface area contributed by atoms with Crippen molar-refractivity contribution in [2.24, 2.45) is 5.16 Å². The van der Waals surface area contributed by atoms with Crippen LogP contribution in [0.25, 0.3) is 5.01 Å². The van der Waals surface area contributed by atoms with Crippen molar-refractivity contribution in [1.29, 1.82) is 0 Å². The van der Waals surface area contributed by atoms with Gasteiger partial charge in [-0.15, -0.1) is 6.58 Å². The van der Waals surface area contributed by atoms with Gasteiger partial charge in [0.05, 0.1) is 11.1 Å². The van der Waals surface area contributed by atoms with Gasteiger partial charge in [-0.25, -0.2) is 0 Å². The first-order valence-corrected chi connectivity index (χ1v) is 36.0. The third-order valence-corrected chi connectivity index (χ3v) is 16.1. The van der Waals surface area contributed by atoms with Crippen molar-refractivity contribution in [3.63, 3.8) is 0 Å². The summed E-state index contributed by atoms with van der Waals surface area (Å²) in [5.74, 6) is 0.866. The van der Waals surface area contributed by atoms with E-state index in [0.29, 0.717) is 50.9 Å². The molecule has 79 heavy (non-hydrogen) atoms. The minimum Gasteiger partial charge on any atom is -0.490 e. The van der Waals surface area contributed by atoms with E-state index in [4.69, 9.17) is 39.2 Å². The molecular weight excluding hydrogens is 1020 g/mol. The van der Waals surface area contributed by atoms with Crippen molar-refractivity contribution in [2.45, 2.75) is 187 Å². The number of rotatable bonds is 31. The molecule has 1 heterocycles. The van der Waals surface area contributed by atoms with Crippen LogP contribution in [0.2, 0.25) is 51.4 Å². The van der Waals surface area contributed by atoms with Gasteiger partial charge in [0.15, 0.2) is 5.41 Å². The van der Waals surface area contributed by atoms with Gasteiger partial charge < -0.3 is 34.0 Å². The summed E-state index contributed by atoms with van der Waals surface area (Å²) in [6.45, 7) is 27.3. The number of ether oxygens (including phenoxy) is 4. The van der Waals surface area contributed by atoms with Crippen molar-refractivity contribution in [3.05, 3.63) is 149 Å². The van der Waals surface area contributed by atoms with Gasteiger partial charge in [-0.05, 0) is 97.1 Å². The number of carbonyl (C=O) groups is 2. The lowest BCUT2D eigenvalue weighted by Gasteiger charge is -2.35. The number of esters is 2. The molecule has 0 saturated carbocycles. The Morgan fingerprint density at radius 1 is 0.658 bits per heavy atom. The number of aliphatic hydroxyl groups excluding tert-OH is 2. The van der Waals surface area contributed by atoms with Crippen LogP contribution < -0.4 is 9.47 Å². The van der Waals surface area contributed by atoms with Gasteiger partial charge in [0.1, 0.15) is 44.0 Å². The quantitative estimate of drug-likeness (QED) is 0.0146. The Bertz CT molecular complexity index is 2340. The van der Waals surface area contributed by atoms with E-state index in [9.17, 15) is 14.8 Å². The zero-order valence-corrected chi connectivity index (χ0v) is 51.2. The van der Waals surface area contributed by atoms with Crippen LogP contribution >= 0.6 is 0 Å². The summed E-state index contributed by atoms with van der Waals surface area (Å²) in [6, 6.07) is 41.8. The van der Waals surface area contributed by atoms with Crippen LogP contribution in [-0.2, 0) is 34.7 Å². The lowest BCUT2D eigenvalue weighted by atomic mass is 9.66. The fraction of sp³-hybridized carbons (Fsp3) is 0.538. The molecule has 12 nitrogen and oxygen atoms in total. The third-order valence-electron chi connectivity index (χ3n) is 12.9. The van der Waals surface area contributed by atoms with E-state index in [2.05, 4.69) is 113 Å². The van der Waals surface area contributed by atoms with Crippen LogP contribution in [0.4, 0.5) is 0 Å². The first-order chi connectivity index (χ1) is 37.5. The molecule has 3 atom stereocenters. The Labute approximate surface area is 478 Å². The molecule has 0 bridgehead atoms. The molecule has 0 fully saturated rings. The number of unbranched alkanes of at least 4 members (excludes halogenated alkanes) is 4. The van der Waals surface area contributed by atoms with E-state index < -0.39 is 21.6 Å². The summed E-state index contributed by atoms with van der Waals surface area (Å²) < 4.78 is 21.9. The van der Waals surface area contributed by atoms with Gasteiger partial charge >= 0.3 is 18.0 Å². The van der Waals surface area contributed by atoms with Crippen LogP contribution in [0.5, 0.6) is 11.5 Å². The molecule has 438 valence electrons. The Kier molecular flexibility index (Phi) is 35.7. The number of oxime groups is 1. The number of nitrogens with zero attached hydrogens (tertiary/aromatic N) is 2. The number of carbonyl (C=O) groups excluding carboxylic acids is 2. The highest BCUT2D eigenvalue weighted by atomic mass is 28.3. The van der Waals surface area contributed by atoms with Crippen molar-refractivity contribution in [3.8, 4) is 17.6 Å². The summed E-state index contributed by atoms with van der Waals surface area (Å²) in [6.07, 6.45) is 12.0. The molecule has 0 spiro atoms. The third kappa shape index (κ3) is 26.4. The zero-order chi connectivity index (χ0) is 57.7. The molecule has 3 unspecified atom stereocenters. The van der Waals surface area contributed by atoms with Crippen LogP contribution in [0.1, 0.15) is 141 Å². The van der Waals surface area contributed by atoms with Crippen LogP contribution in [0.3, 0.4) is 0 Å². The van der Waals surface area contributed by atoms with E-state index in [1.807, 2.05) is 86.7 Å². The van der Waals surface area contributed by atoms with Crippen molar-refractivity contribution < 1.29 is 48.8 Å². The minimum absolute atomic E-state index is 0. The SMILES string of the molecule is C.C=CC[Si](C)(C)C.CC.CCCCC(C#[N+]O)(c1ccccc1)c1ccc(OCCOC(=O)CCCCO)cc1.CCCCC(C1=NOC(C[Si](C)(C)C)C1)(c1ccccc1)c1ccc(OCCOC(=O)CCCCO)cc1. The van der Waals surface area contributed by atoms with Gasteiger partial charge in [-0.3, -0.25) is 9.59 Å². The van der Waals surface area contributed by atoms with Crippen LogP contribution in [0, 0.1) is 6.07 Å². The summed E-state index contributed by atoms with van der Waals surface area (Å²) in [5.41, 5.74) is 4.53. The fourth-order valence-electron chi connectivity index (χ4n) is 9.10. The average molecular weight is 1130 g/mol. The standard InChI is InChI=1S/C31H45NO5Si.C25H31NO5.C6H14Si.C2H6.CH4/c1-5-6-19-31(25-12-8-7-9-13-25,29-23-28(37-32-29)24-38(2,3)4)26-15-17-27(18-16-26)35-21-22-36-30(34)14-10-11-20-33;1-2-3-16-25(20-26-29,21-9-5-4-6-10-21)22-12-14-23(15-13-22)30-18-19-31-24(28)11-7-8-17-27;1-5-6-7(2,3)4;1-2;/h7-9,12-13,15-18,28,33H,5-6,10-11,14,19-24H2,1-4H3;4-6,9-10,12-15,27H,2-3,7-8,11,16-19H2,1H3;5H,1,6H2,2-4H3;1-2H3;1H4/p+1. The smallest absolute Gasteiger partial charge is 0.366 e. The monoisotopic (exact) mass is 1130 g/mol. The Morgan fingerprint density at radius 3 is 1.52 bits per heavy atom. The maximum absolute atomic E-state index is 11.8. The van der Waals surface area contributed by atoms with Crippen LogP contribution in [0.15, 0.2) is 127 Å². The van der Waals surface area contributed by atoms with E-state index in [1.165, 1.54) is 17.2 Å². The second-order valence-electron chi connectivity index (χ2n) is 21.8. The summed E-state index contributed by atoms with van der Waals surface area (Å²) in [5, 5.41) is 35.0. The zero-order valence-electron chi connectivity index (χ0n) is 49.2. The highest BCUT2D eigenvalue weighted by Crippen LogP contribution is 2.43. The second kappa shape index (κ2) is 39.6. The summed E-state index contributed by atoms with van der Waals surface area (Å²) in [4.78, 5) is 29.4. The molecule has 4 aromatic carbocycles. The van der Waals surface area contributed by atoms with Gasteiger partial charge in [-0.2, -0.15) is 5.21 Å². The molecule has 1 aliphatic heterocycles. The molecule has 0 saturated heterocycles. The molecular formula is C65H101N2O10Si2+. The lowest BCUT2D eigenvalue weighted by molar-refractivity contribution is -0.145. The molecule has 0 aliphatic carbocycles. The number of allylic oxidation sites excluding steroid dienone is 1. The first kappa shape index (κ1) is 71.3. The second-order valence-corrected chi connectivity index (χ2v) is 32.9. The Balaban J connectivity index is 0.000000687. The van der Waals surface area contributed by atoms with Gasteiger partial charge in [0.2, 0.25) is 5.01 Å². The molecule has 0 aromatic heterocycles. The predicted octanol–water partition coefficient (Wildman–Crippen LogP) is 15.9. The molecule has 14 heteroatoms. The van der Waals surface area contributed by atoms with Crippen molar-refractivity contribution >= 4 is 33.8 Å². The van der Waals surface area contributed by atoms with E-state index in [1.54, 1.807) is 0 Å². The first-order valence-electron chi connectivity index (χ1n) is 28.6. The summed E-state index contributed by atoms with van der Waals surface area (Å²) in [7, 11) is -2.07. The molecule has 3 N–H and O–H groups in total. The number of benzene rings is 4. The molecule has 1 aliphatic rings. The number of hydrogen-bond donors (Lipinski definition) is 3. The van der Waals surface area contributed by atoms with Gasteiger partial charge in [0, 0.05) is 48.6 Å². The lowest BCUT2D eigenvalue weighted by Crippen LogP contribution is -2.38. The van der Waals surface area contributed by atoms with Gasteiger partial charge in [-0.1, -0.05) is 196 Å². The normalized spacial score (nSPS) is 14.0. The molecule has 5 rings (SSSR count). The maximum atomic E-state index is 11.8. The number of aliphatic hydroxyl groups is 2. The highest BCUT2D eigenvalue weighted by Gasteiger charge is 2.44. The topological polar surface area (TPSA) is 158 Å². The average Bonchev–Trinajstić information content (AvgIpc) is 4.01. The molecule has 0 amide bonds. The van der Waals surface area contributed by atoms with Crippen molar-refractivity contribution in [1.82, 2.24) is 0 Å². The van der Waals surface area contributed by atoms with E-state index >= 15 is 0 Å². The van der Waals surface area contributed by atoms with E-state index in [0.717, 1.165) is 73.6 Å². The predicted molar refractivity (Wildman–Crippen MR) is 332 cm³/mol. The maximum Gasteiger partial charge on any atom is 0.366 e. The fourth-order valence-corrected chi connectivity index (χ4v) is 11.6. The van der Waals surface area contributed by atoms with Crippen molar-refractivity contribution in [2.75, 3.05) is 39.6 Å². The molecule has 4 aromatic rings. The Morgan fingerprint density at radius 2 is 1.10 bits per heavy atom. The highest BCUT2D eigenvalue weighted by molar-refractivity contribution is 6.76. The van der Waals surface area contributed by atoms with Gasteiger partial charge in [0.25, 0.3) is 0 Å². The minimum atomic E-state index is -1.29. The number of hydrogen-bond acceptors (Lipinski definition) is 11. The Hall–Kier alpha value is -5.73. The largest absolute Gasteiger partial charge is 0.490 e.